The largest absolute Gasteiger partial charge is 0.344 e. The van der Waals surface area contributed by atoms with Crippen LogP contribution in [0.2, 0.25) is 0 Å². The third-order valence-corrected chi connectivity index (χ3v) is 6.00. The first-order valence-corrected chi connectivity index (χ1v) is 10.3. The lowest BCUT2D eigenvalue weighted by molar-refractivity contribution is 0.0732. The van der Waals surface area contributed by atoms with Gasteiger partial charge in [-0.2, -0.15) is 5.10 Å². The summed E-state index contributed by atoms with van der Waals surface area (Å²) in [6.45, 7) is 2.88. The van der Waals surface area contributed by atoms with E-state index >= 15 is 0 Å². The highest BCUT2D eigenvalue weighted by Gasteiger charge is 2.30. The fourth-order valence-electron chi connectivity index (χ4n) is 4.47. The molecular formula is C23H23N5O2. The molecule has 7 nitrogen and oxygen atoms in total. The normalized spacial score (nSPS) is 17.4. The Labute approximate surface area is 174 Å². The van der Waals surface area contributed by atoms with Crippen molar-refractivity contribution in [2.45, 2.75) is 38.8 Å². The number of hydrogen-bond acceptors (Lipinski definition) is 4. The van der Waals surface area contributed by atoms with Gasteiger partial charge in [-0.15, -0.1) is 0 Å². The summed E-state index contributed by atoms with van der Waals surface area (Å²) in [5.41, 5.74) is 6.20. The topological polar surface area (TPSA) is 91.0 Å². The van der Waals surface area contributed by atoms with Gasteiger partial charge in [-0.05, 0) is 48.9 Å². The second kappa shape index (κ2) is 7.40. The number of amides is 2. The number of benzene rings is 1. The molecule has 0 fully saturated rings. The van der Waals surface area contributed by atoms with E-state index in [1.807, 2.05) is 25.1 Å². The van der Waals surface area contributed by atoms with Crippen molar-refractivity contribution >= 4 is 11.8 Å². The second-order valence-corrected chi connectivity index (χ2v) is 8.02. The highest BCUT2D eigenvalue weighted by atomic mass is 16.2. The number of nitrogens with one attached hydrogen (secondary N) is 2. The molecule has 5 rings (SSSR count). The molecule has 7 heteroatoms. The first-order chi connectivity index (χ1) is 14.6. The summed E-state index contributed by atoms with van der Waals surface area (Å²) >= 11 is 0. The molecule has 2 aromatic heterocycles. The van der Waals surface area contributed by atoms with Crippen molar-refractivity contribution in [2.24, 2.45) is 0 Å². The predicted molar refractivity (Wildman–Crippen MR) is 111 cm³/mol. The molecule has 2 N–H and O–H groups in total. The Morgan fingerprint density at radius 1 is 1.20 bits per heavy atom. The average molecular weight is 401 g/mol. The van der Waals surface area contributed by atoms with Crippen LogP contribution in [0.4, 0.5) is 0 Å². The number of rotatable bonds is 3. The van der Waals surface area contributed by atoms with Gasteiger partial charge in [0.2, 0.25) is 0 Å². The lowest BCUT2D eigenvalue weighted by Crippen LogP contribution is -2.36. The van der Waals surface area contributed by atoms with E-state index in [1.165, 1.54) is 11.1 Å². The number of fused-ring (bicyclic) bond motifs is 2. The van der Waals surface area contributed by atoms with Gasteiger partial charge in [-0.1, -0.05) is 24.3 Å². The highest BCUT2D eigenvalue weighted by molar-refractivity contribution is 5.96. The summed E-state index contributed by atoms with van der Waals surface area (Å²) in [5.74, 6) is -0.211. The van der Waals surface area contributed by atoms with Crippen molar-refractivity contribution in [1.82, 2.24) is 25.4 Å². The van der Waals surface area contributed by atoms with E-state index in [2.05, 4.69) is 32.6 Å². The zero-order valence-electron chi connectivity index (χ0n) is 16.8. The van der Waals surface area contributed by atoms with Crippen LogP contribution in [0.1, 0.15) is 61.3 Å². The molecule has 2 amide bonds. The van der Waals surface area contributed by atoms with Gasteiger partial charge >= 0.3 is 0 Å². The second-order valence-electron chi connectivity index (χ2n) is 8.02. The van der Waals surface area contributed by atoms with Gasteiger partial charge in [-0.3, -0.25) is 19.7 Å². The van der Waals surface area contributed by atoms with E-state index in [0.717, 1.165) is 29.7 Å². The fourth-order valence-corrected chi connectivity index (χ4v) is 4.47. The number of carbonyl (C=O) groups excluding carboxylic acids is 2. The smallest absolute Gasteiger partial charge is 0.272 e. The van der Waals surface area contributed by atoms with E-state index in [-0.39, 0.29) is 17.9 Å². The van der Waals surface area contributed by atoms with E-state index in [1.54, 1.807) is 17.3 Å². The highest BCUT2D eigenvalue weighted by Crippen LogP contribution is 2.31. The Bertz CT molecular complexity index is 1140. The summed E-state index contributed by atoms with van der Waals surface area (Å²) in [4.78, 5) is 31.6. The number of hydrogen-bond donors (Lipinski definition) is 2. The van der Waals surface area contributed by atoms with Gasteiger partial charge < -0.3 is 10.2 Å². The van der Waals surface area contributed by atoms with Crippen LogP contribution in [0.3, 0.4) is 0 Å². The predicted octanol–water partition coefficient (Wildman–Crippen LogP) is 2.73. The zero-order chi connectivity index (χ0) is 20.7. The summed E-state index contributed by atoms with van der Waals surface area (Å²) in [6.07, 6.45) is 5.81. The van der Waals surface area contributed by atoms with Crippen molar-refractivity contribution < 1.29 is 9.59 Å². The number of nitrogens with zero attached hydrogens (tertiary/aromatic N) is 3. The molecule has 3 heterocycles. The van der Waals surface area contributed by atoms with E-state index < -0.39 is 0 Å². The van der Waals surface area contributed by atoms with Gasteiger partial charge in [-0.25, -0.2) is 0 Å². The van der Waals surface area contributed by atoms with Crippen LogP contribution in [0, 0.1) is 6.92 Å². The third kappa shape index (κ3) is 3.26. The molecule has 0 radical (unpaired) electrons. The molecule has 1 aliphatic heterocycles. The molecule has 1 atom stereocenters. The van der Waals surface area contributed by atoms with Crippen molar-refractivity contribution in [3.8, 4) is 0 Å². The quantitative estimate of drug-likeness (QED) is 0.706. The monoisotopic (exact) mass is 401 g/mol. The Balaban J connectivity index is 1.31. The minimum absolute atomic E-state index is 0.0246. The standard InChI is InChI=1S/C23H23N5O2/c1-14-10-16(12-24-11-14)23(30)28-9-8-18-20(13-28)26-27-21(18)22(29)25-19-7-6-15-4-2-3-5-17(15)19/h2-5,10-12,19H,6-9,13H2,1H3,(H,25,29)(H,26,27). The van der Waals surface area contributed by atoms with Crippen LogP contribution >= 0.6 is 0 Å². The van der Waals surface area contributed by atoms with Gasteiger partial charge in [0.1, 0.15) is 0 Å². The lowest BCUT2D eigenvalue weighted by Gasteiger charge is -2.27. The Hall–Kier alpha value is -3.48. The number of aryl methyl sites for hydroxylation is 2. The Kier molecular flexibility index (Phi) is 4.58. The number of carbonyl (C=O) groups is 2. The van der Waals surface area contributed by atoms with Gasteiger partial charge in [0.25, 0.3) is 11.8 Å². The van der Waals surface area contributed by atoms with Gasteiger partial charge in [0.15, 0.2) is 5.69 Å². The molecule has 1 aliphatic carbocycles. The van der Waals surface area contributed by atoms with Gasteiger partial charge in [0, 0.05) is 24.5 Å². The van der Waals surface area contributed by atoms with Crippen molar-refractivity contribution in [3.63, 3.8) is 0 Å². The van der Waals surface area contributed by atoms with E-state index in [4.69, 9.17) is 0 Å². The molecule has 152 valence electrons. The zero-order valence-corrected chi connectivity index (χ0v) is 16.8. The van der Waals surface area contributed by atoms with Crippen LogP contribution in [0.25, 0.3) is 0 Å². The van der Waals surface area contributed by atoms with Crippen LogP contribution in [-0.2, 0) is 19.4 Å². The summed E-state index contributed by atoms with van der Waals surface area (Å²) in [7, 11) is 0. The van der Waals surface area contributed by atoms with E-state index in [9.17, 15) is 9.59 Å². The van der Waals surface area contributed by atoms with E-state index in [0.29, 0.717) is 30.8 Å². The van der Waals surface area contributed by atoms with Crippen LogP contribution < -0.4 is 5.32 Å². The average Bonchev–Trinajstić information content (AvgIpc) is 3.37. The SMILES string of the molecule is Cc1cncc(C(=O)N2CCc3c(C(=O)NC4CCc5ccccc54)n[nH]c3C2)c1. The number of pyridine rings is 1. The molecule has 3 aromatic rings. The van der Waals surface area contributed by atoms with Crippen molar-refractivity contribution in [1.29, 1.82) is 0 Å². The molecule has 0 saturated heterocycles. The first kappa shape index (κ1) is 18.5. The number of H-pyrrole nitrogens is 1. The number of aromatic amines is 1. The summed E-state index contributed by atoms with van der Waals surface area (Å²) in [6, 6.07) is 10.1. The molecule has 2 aliphatic rings. The minimum atomic E-state index is -0.156. The Morgan fingerprint density at radius 3 is 2.93 bits per heavy atom. The van der Waals surface area contributed by atoms with Crippen LogP contribution in [0.15, 0.2) is 42.7 Å². The maximum absolute atomic E-state index is 12.9. The summed E-state index contributed by atoms with van der Waals surface area (Å²) < 4.78 is 0. The van der Waals surface area contributed by atoms with Crippen LogP contribution in [0.5, 0.6) is 0 Å². The maximum atomic E-state index is 12.9. The van der Waals surface area contributed by atoms with Gasteiger partial charge in [0.05, 0.1) is 23.8 Å². The van der Waals surface area contributed by atoms with Crippen LogP contribution in [-0.4, -0.2) is 38.4 Å². The molecule has 1 aromatic carbocycles. The molecule has 0 spiro atoms. The first-order valence-electron chi connectivity index (χ1n) is 10.3. The Morgan fingerprint density at radius 2 is 2.07 bits per heavy atom. The maximum Gasteiger partial charge on any atom is 0.272 e. The molecule has 0 saturated carbocycles. The number of aromatic nitrogens is 3. The molecule has 0 bridgehead atoms. The molecule has 30 heavy (non-hydrogen) atoms. The molecular weight excluding hydrogens is 378 g/mol. The lowest BCUT2D eigenvalue weighted by atomic mass is 10.0. The minimum Gasteiger partial charge on any atom is -0.344 e. The van der Waals surface area contributed by atoms with Crippen molar-refractivity contribution in [2.75, 3.05) is 6.54 Å². The third-order valence-electron chi connectivity index (χ3n) is 6.00. The fraction of sp³-hybridized carbons (Fsp3) is 0.304. The molecule has 1 unspecified atom stereocenters. The summed E-state index contributed by atoms with van der Waals surface area (Å²) in [5, 5.41) is 10.4. The van der Waals surface area contributed by atoms with Crippen molar-refractivity contribution in [3.05, 3.63) is 81.9 Å².